The molecular weight excluding hydrogens is 320 g/mol. The molecule has 2 rings (SSSR count). The third-order valence-electron chi connectivity index (χ3n) is 4.87. The minimum atomic E-state index is 0.226. The van der Waals surface area contributed by atoms with Crippen molar-refractivity contribution in [1.82, 2.24) is 0 Å². The first-order valence-corrected chi connectivity index (χ1v) is 9.14. The van der Waals surface area contributed by atoms with Gasteiger partial charge in [-0.3, -0.25) is 4.79 Å². The van der Waals surface area contributed by atoms with E-state index in [0.29, 0.717) is 0 Å². The molecule has 3 nitrogen and oxygen atoms in total. The quantitative estimate of drug-likeness (QED) is 0.508. The summed E-state index contributed by atoms with van der Waals surface area (Å²) in [7, 11) is 8.20. The zero-order chi connectivity index (χ0) is 19.1. The fourth-order valence-electron chi connectivity index (χ4n) is 3.32. The van der Waals surface area contributed by atoms with Crippen LogP contribution in [0.2, 0.25) is 0 Å². The first kappa shape index (κ1) is 19.8. The summed E-state index contributed by atoms with van der Waals surface area (Å²) in [6.45, 7) is 2.18. The Morgan fingerprint density at radius 3 is 1.54 bits per heavy atom. The van der Waals surface area contributed by atoms with Crippen molar-refractivity contribution in [3.63, 3.8) is 0 Å². The number of hydrogen-bond donors (Lipinski definition) is 0. The maximum atomic E-state index is 10.9. The molecule has 0 radical (unpaired) electrons. The number of hydrogen-bond acceptors (Lipinski definition) is 3. The molecule has 2 aromatic carbocycles. The Kier molecular flexibility index (Phi) is 7.02. The first-order valence-electron chi connectivity index (χ1n) is 9.14. The summed E-state index contributed by atoms with van der Waals surface area (Å²) < 4.78 is 0. The van der Waals surface area contributed by atoms with E-state index in [-0.39, 0.29) is 11.8 Å². The molecule has 3 heteroatoms. The lowest BCUT2D eigenvalue weighted by Crippen LogP contribution is -2.14. The average Bonchev–Trinajstić information content (AvgIpc) is 2.65. The molecule has 0 fully saturated rings. The minimum absolute atomic E-state index is 0.226. The van der Waals surface area contributed by atoms with Gasteiger partial charge in [0.2, 0.25) is 0 Å². The molecule has 0 aliphatic rings. The molecule has 26 heavy (non-hydrogen) atoms. The van der Waals surface area contributed by atoms with Crippen LogP contribution in [-0.4, -0.2) is 34.5 Å². The van der Waals surface area contributed by atoms with Crippen molar-refractivity contribution in [2.75, 3.05) is 38.0 Å². The number of aldehydes is 1. The van der Waals surface area contributed by atoms with Crippen molar-refractivity contribution in [2.45, 2.75) is 19.3 Å². The molecule has 0 aliphatic heterocycles. The molecule has 0 saturated carbocycles. The Hall–Kier alpha value is -2.55. The minimum Gasteiger partial charge on any atom is -0.378 e. The third-order valence-corrected chi connectivity index (χ3v) is 4.87. The highest BCUT2D eigenvalue weighted by Gasteiger charge is 2.22. The lowest BCUT2D eigenvalue weighted by atomic mass is 9.79. The SMILES string of the molecule is CC[C@H](/C=C/C=O)C(c1ccc(N(C)C)cc1)c1ccc(N(C)C)cc1. The third kappa shape index (κ3) is 4.75. The van der Waals surface area contributed by atoms with Crippen molar-refractivity contribution in [1.29, 1.82) is 0 Å². The second-order valence-corrected chi connectivity index (χ2v) is 7.04. The first-order chi connectivity index (χ1) is 12.5. The van der Waals surface area contributed by atoms with Gasteiger partial charge in [-0.05, 0) is 53.8 Å². The van der Waals surface area contributed by atoms with Crippen LogP contribution >= 0.6 is 0 Å². The van der Waals surface area contributed by atoms with E-state index in [2.05, 4.69) is 65.3 Å². The highest BCUT2D eigenvalue weighted by Crippen LogP contribution is 2.36. The number of allylic oxidation sites excluding steroid dienone is 2. The summed E-state index contributed by atoms with van der Waals surface area (Å²) in [6.07, 6.45) is 5.50. The summed E-state index contributed by atoms with van der Waals surface area (Å²) in [4.78, 5) is 15.1. The van der Waals surface area contributed by atoms with E-state index in [1.807, 2.05) is 34.3 Å². The molecule has 0 bridgehead atoms. The molecule has 0 unspecified atom stereocenters. The van der Waals surface area contributed by atoms with Crippen LogP contribution in [0.4, 0.5) is 11.4 Å². The molecule has 0 N–H and O–H groups in total. The monoisotopic (exact) mass is 350 g/mol. The molecule has 0 spiro atoms. The van der Waals surface area contributed by atoms with E-state index in [0.717, 1.165) is 12.7 Å². The van der Waals surface area contributed by atoms with Crippen LogP contribution in [-0.2, 0) is 4.79 Å². The maximum absolute atomic E-state index is 10.9. The van der Waals surface area contributed by atoms with Gasteiger partial charge >= 0.3 is 0 Å². The van der Waals surface area contributed by atoms with Crippen LogP contribution in [0.3, 0.4) is 0 Å². The number of anilines is 2. The second-order valence-electron chi connectivity index (χ2n) is 7.04. The Morgan fingerprint density at radius 1 is 0.808 bits per heavy atom. The van der Waals surface area contributed by atoms with Gasteiger partial charge in [0.15, 0.2) is 0 Å². The fourth-order valence-corrected chi connectivity index (χ4v) is 3.32. The Morgan fingerprint density at radius 2 is 1.23 bits per heavy atom. The van der Waals surface area contributed by atoms with Gasteiger partial charge in [-0.25, -0.2) is 0 Å². The van der Waals surface area contributed by atoms with Crippen LogP contribution < -0.4 is 9.80 Å². The van der Waals surface area contributed by atoms with Crippen LogP contribution in [0, 0.1) is 5.92 Å². The summed E-state index contributed by atoms with van der Waals surface area (Å²) in [6, 6.07) is 17.5. The van der Waals surface area contributed by atoms with Crippen LogP contribution in [0.1, 0.15) is 30.4 Å². The normalized spacial score (nSPS) is 12.4. The zero-order valence-electron chi connectivity index (χ0n) is 16.5. The molecule has 0 aromatic heterocycles. The van der Waals surface area contributed by atoms with Gasteiger partial charge < -0.3 is 9.80 Å². The van der Waals surface area contributed by atoms with E-state index in [9.17, 15) is 4.79 Å². The summed E-state index contributed by atoms with van der Waals surface area (Å²) >= 11 is 0. The maximum Gasteiger partial charge on any atom is 0.142 e. The van der Waals surface area contributed by atoms with Gasteiger partial charge in [0.25, 0.3) is 0 Å². The molecular formula is C23H30N2O. The number of carbonyl (C=O) groups is 1. The van der Waals surface area contributed by atoms with E-state index in [4.69, 9.17) is 0 Å². The molecule has 0 heterocycles. The number of benzene rings is 2. The highest BCUT2D eigenvalue weighted by atomic mass is 16.1. The van der Waals surface area contributed by atoms with Gasteiger partial charge in [-0.15, -0.1) is 0 Å². The standard InChI is InChI=1S/C23H30N2O/c1-6-18(8-7-17-26)23(19-9-13-21(14-10-19)24(2)3)20-11-15-22(16-12-20)25(4)5/h7-18,23H,6H2,1-5H3/b8-7+/t18-/m1/s1. The number of carbonyl (C=O) groups excluding carboxylic acids is 1. The molecule has 0 amide bonds. The largest absolute Gasteiger partial charge is 0.378 e. The van der Waals surface area contributed by atoms with Gasteiger partial charge in [0, 0.05) is 45.5 Å². The van der Waals surface area contributed by atoms with Crippen molar-refractivity contribution in [3.05, 3.63) is 71.8 Å². The van der Waals surface area contributed by atoms with Gasteiger partial charge in [0.05, 0.1) is 0 Å². The van der Waals surface area contributed by atoms with Crippen molar-refractivity contribution in [2.24, 2.45) is 5.92 Å². The Balaban J connectivity index is 2.46. The van der Waals surface area contributed by atoms with Crippen molar-refractivity contribution >= 4 is 17.7 Å². The fraction of sp³-hybridized carbons (Fsp3) is 0.348. The van der Waals surface area contributed by atoms with Crippen LogP contribution in [0.15, 0.2) is 60.7 Å². The smallest absolute Gasteiger partial charge is 0.142 e. The lowest BCUT2D eigenvalue weighted by Gasteiger charge is -2.26. The van der Waals surface area contributed by atoms with E-state index in [1.165, 1.54) is 22.5 Å². The summed E-state index contributed by atoms with van der Waals surface area (Å²) in [5.41, 5.74) is 4.92. The van der Waals surface area contributed by atoms with Gasteiger partial charge in [0.1, 0.15) is 6.29 Å². The highest BCUT2D eigenvalue weighted by molar-refractivity contribution is 5.64. The Labute approximate surface area is 157 Å². The number of nitrogens with zero attached hydrogens (tertiary/aromatic N) is 2. The summed E-state index contributed by atoms with van der Waals surface area (Å²) in [5.74, 6) is 0.499. The molecule has 138 valence electrons. The second kappa shape index (κ2) is 9.23. The topological polar surface area (TPSA) is 23.6 Å². The molecule has 2 aromatic rings. The lowest BCUT2D eigenvalue weighted by molar-refractivity contribution is -0.104. The summed E-state index contributed by atoms with van der Waals surface area (Å²) in [5, 5.41) is 0. The van der Waals surface area contributed by atoms with E-state index >= 15 is 0 Å². The van der Waals surface area contributed by atoms with Crippen LogP contribution in [0.5, 0.6) is 0 Å². The predicted molar refractivity (Wildman–Crippen MR) is 112 cm³/mol. The van der Waals surface area contributed by atoms with Gasteiger partial charge in [-0.1, -0.05) is 37.3 Å². The van der Waals surface area contributed by atoms with Gasteiger partial charge in [-0.2, -0.15) is 0 Å². The Bertz CT molecular complexity index is 663. The van der Waals surface area contributed by atoms with Crippen LogP contribution in [0.25, 0.3) is 0 Å². The molecule has 1 atom stereocenters. The number of rotatable bonds is 8. The van der Waals surface area contributed by atoms with Crippen molar-refractivity contribution < 1.29 is 4.79 Å². The molecule has 0 aliphatic carbocycles. The zero-order valence-corrected chi connectivity index (χ0v) is 16.5. The van der Waals surface area contributed by atoms with Crippen molar-refractivity contribution in [3.8, 4) is 0 Å². The average molecular weight is 351 g/mol. The molecule has 0 saturated heterocycles. The van der Waals surface area contributed by atoms with E-state index < -0.39 is 0 Å². The van der Waals surface area contributed by atoms with E-state index in [1.54, 1.807) is 6.08 Å². The predicted octanol–water partition coefficient (Wildman–Crippen LogP) is 4.73.